The molecule has 1 saturated heterocycles. The van der Waals surface area contributed by atoms with Crippen molar-refractivity contribution in [3.05, 3.63) is 45.8 Å². The van der Waals surface area contributed by atoms with Crippen LogP contribution in [-0.4, -0.2) is 37.5 Å². The Morgan fingerprint density at radius 2 is 2.04 bits per heavy atom. The van der Waals surface area contributed by atoms with E-state index in [2.05, 4.69) is 27.3 Å². The lowest BCUT2D eigenvalue weighted by atomic mass is 9.93. The fourth-order valence-electron chi connectivity index (χ4n) is 4.09. The molecule has 2 aromatic heterocycles. The normalized spacial score (nSPS) is 16.4. The molecule has 0 amide bonds. The number of fused-ring (bicyclic) bond motifs is 1. The third kappa shape index (κ3) is 3.56. The quantitative estimate of drug-likeness (QED) is 0.691. The van der Waals surface area contributed by atoms with Crippen LogP contribution in [0.4, 0.5) is 0 Å². The molecule has 0 bridgehead atoms. The predicted octanol–water partition coefficient (Wildman–Crippen LogP) is 2.51. The fraction of sp³-hybridized carbons (Fsp3) is 0.550. The van der Waals surface area contributed by atoms with Crippen molar-refractivity contribution >= 4 is 11.0 Å². The van der Waals surface area contributed by atoms with Crippen LogP contribution in [0, 0.1) is 12.8 Å². The van der Waals surface area contributed by atoms with Crippen molar-refractivity contribution in [1.82, 2.24) is 24.4 Å². The van der Waals surface area contributed by atoms with Crippen LogP contribution in [0.1, 0.15) is 36.8 Å². The number of hydrogen-bond donors (Lipinski definition) is 0. The van der Waals surface area contributed by atoms with Gasteiger partial charge in [-0.1, -0.05) is 11.2 Å². The van der Waals surface area contributed by atoms with Crippen molar-refractivity contribution in [3.63, 3.8) is 0 Å². The smallest absolute Gasteiger partial charge is 0.345 e. The minimum atomic E-state index is -0.00985. The summed E-state index contributed by atoms with van der Waals surface area (Å²) in [5.74, 6) is 1.52. The number of aryl methyl sites for hydroxylation is 2. The van der Waals surface area contributed by atoms with Crippen LogP contribution in [-0.2, 0) is 26.6 Å². The maximum atomic E-state index is 12.1. The van der Waals surface area contributed by atoms with Crippen LogP contribution in [0.5, 0.6) is 0 Å². The lowest BCUT2D eigenvalue weighted by Crippen LogP contribution is -2.34. The lowest BCUT2D eigenvalue weighted by Gasteiger charge is -2.31. The summed E-state index contributed by atoms with van der Waals surface area (Å²) in [5.41, 5.74) is 3.09. The van der Waals surface area contributed by atoms with E-state index >= 15 is 0 Å². The zero-order valence-corrected chi connectivity index (χ0v) is 16.3. The average molecular weight is 369 g/mol. The van der Waals surface area contributed by atoms with Gasteiger partial charge in [-0.05, 0) is 63.4 Å². The molecule has 1 aliphatic heterocycles. The lowest BCUT2D eigenvalue weighted by molar-refractivity contribution is 0.175. The van der Waals surface area contributed by atoms with Crippen molar-refractivity contribution in [1.29, 1.82) is 0 Å². The Labute approximate surface area is 158 Å². The molecule has 144 valence electrons. The van der Waals surface area contributed by atoms with E-state index in [1.165, 1.54) is 10.2 Å². The summed E-state index contributed by atoms with van der Waals surface area (Å²) in [6.45, 7) is 7.78. The molecule has 7 nitrogen and oxygen atoms in total. The number of benzene rings is 1. The Kier molecular flexibility index (Phi) is 4.86. The second-order valence-electron chi connectivity index (χ2n) is 7.59. The van der Waals surface area contributed by atoms with Crippen LogP contribution >= 0.6 is 0 Å². The summed E-state index contributed by atoms with van der Waals surface area (Å²) in [6.07, 6.45) is 3.18. The molecule has 0 spiro atoms. The van der Waals surface area contributed by atoms with Crippen LogP contribution in [0.25, 0.3) is 11.0 Å². The first-order chi connectivity index (χ1) is 13.0. The predicted molar refractivity (Wildman–Crippen MR) is 104 cm³/mol. The van der Waals surface area contributed by atoms with Crippen LogP contribution in [0.3, 0.4) is 0 Å². The molecule has 0 saturated carbocycles. The highest BCUT2D eigenvalue weighted by molar-refractivity contribution is 5.79. The first-order valence-corrected chi connectivity index (χ1v) is 9.75. The molecular formula is C20H27N5O2. The molecule has 0 N–H and O–H groups in total. The van der Waals surface area contributed by atoms with Gasteiger partial charge in [0.25, 0.3) is 0 Å². The molecule has 0 aliphatic carbocycles. The van der Waals surface area contributed by atoms with E-state index in [1.807, 2.05) is 19.9 Å². The SMILES string of the molecule is CCn1c(CC2CCN(Cc3ccc4onc(C)c4c3)CC2)nn(C)c1=O. The molecule has 1 aromatic carbocycles. The summed E-state index contributed by atoms with van der Waals surface area (Å²) >= 11 is 0. The summed E-state index contributed by atoms with van der Waals surface area (Å²) in [6, 6.07) is 6.34. The molecule has 7 heteroatoms. The van der Waals surface area contributed by atoms with Gasteiger partial charge >= 0.3 is 5.69 Å². The van der Waals surface area contributed by atoms with Crippen LogP contribution in [0.2, 0.25) is 0 Å². The van der Waals surface area contributed by atoms with Crippen molar-refractivity contribution < 1.29 is 4.52 Å². The number of likely N-dealkylation sites (tertiary alicyclic amines) is 1. The molecule has 0 unspecified atom stereocenters. The van der Waals surface area contributed by atoms with Gasteiger partial charge in [-0.2, -0.15) is 5.10 Å². The van der Waals surface area contributed by atoms with Gasteiger partial charge in [0, 0.05) is 31.9 Å². The summed E-state index contributed by atoms with van der Waals surface area (Å²) in [4.78, 5) is 14.6. The molecule has 0 radical (unpaired) electrons. The Morgan fingerprint density at radius 3 is 2.78 bits per heavy atom. The number of rotatable bonds is 5. The van der Waals surface area contributed by atoms with E-state index in [-0.39, 0.29) is 5.69 Å². The van der Waals surface area contributed by atoms with Gasteiger partial charge in [-0.3, -0.25) is 9.47 Å². The van der Waals surface area contributed by atoms with Crippen molar-refractivity contribution in [2.24, 2.45) is 13.0 Å². The van der Waals surface area contributed by atoms with Crippen LogP contribution < -0.4 is 5.69 Å². The van der Waals surface area contributed by atoms with Crippen molar-refractivity contribution in [2.45, 2.75) is 46.2 Å². The number of piperidine rings is 1. The highest BCUT2D eigenvalue weighted by Crippen LogP contribution is 2.24. The maximum Gasteiger partial charge on any atom is 0.345 e. The Bertz CT molecular complexity index is 992. The molecule has 3 heterocycles. The first kappa shape index (κ1) is 18.0. The monoisotopic (exact) mass is 369 g/mol. The average Bonchev–Trinajstić information content (AvgIpc) is 3.16. The van der Waals surface area contributed by atoms with E-state index in [4.69, 9.17) is 4.52 Å². The Morgan fingerprint density at radius 1 is 1.26 bits per heavy atom. The van der Waals surface area contributed by atoms with Gasteiger partial charge in [-0.25, -0.2) is 9.48 Å². The molecular weight excluding hydrogens is 342 g/mol. The van der Waals surface area contributed by atoms with Gasteiger partial charge in [0.1, 0.15) is 5.82 Å². The summed E-state index contributed by atoms with van der Waals surface area (Å²) in [7, 11) is 1.73. The summed E-state index contributed by atoms with van der Waals surface area (Å²) in [5, 5.41) is 9.57. The van der Waals surface area contributed by atoms with Gasteiger partial charge in [-0.15, -0.1) is 0 Å². The van der Waals surface area contributed by atoms with E-state index in [0.717, 1.165) is 61.4 Å². The fourth-order valence-corrected chi connectivity index (χ4v) is 4.09. The third-order valence-corrected chi connectivity index (χ3v) is 5.70. The largest absolute Gasteiger partial charge is 0.356 e. The third-order valence-electron chi connectivity index (χ3n) is 5.70. The molecule has 3 aromatic rings. The van der Waals surface area contributed by atoms with Crippen LogP contribution in [0.15, 0.2) is 27.5 Å². The van der Waals surface area contributed by atoms with Gasteiger partial charge in [0.2, 0.25) is 0 Å². The second-order valence-corrected chi connectivity index (χ2v) is 7.59. The topological polar surface area (TPSA) is 69.1 Å². The number of aromatic nitrogens is 4. The minimum absolute atomic E-state index is 0.00985. The summed E-state index contributed by atoms with van der Waals surface area (Å²) < 4.78 is 8.55. The van der Waals surface area contributed by atoms with Crippen molar-refractivity contribution in [2.75, 3.05) is 13.1 Å². The Balaban J connectivity index is 1.36. The highest BCUT2D eigenvalue weighted by Gasteiger charge is 2.22. The minimum Gasteiger partial charge on any atom is -0.356 e. The van der Waals surface area contributed by atoms with Gasteiger partial charge in [0.05, 0.1) is 5.69 Å². The second kappa shape index (κ2) is 7.31. The van der Waals surface area contributed by atoms with E-state index < -0.39 is 0 Å². The molecule has 4 rings (SSSR count). The molecule has 0 atom stereocenters. The first-order valence-electron chi connectivity index (χ1n) is 9.75. The standard InChI is InChI=1S/C20H27N5O2/c1-4-25-19(21-23(3)20(25)26)12-15-7-9-24(10-8-15)13-16-5-6-18-17(11-16)14(2)22-27-18/h5-6,11,15H,4,7-10,12-13H2,1-3H3. The van der Waals surface area contributed by atoms with E-state index in [1.54, 1.807) is 11.6 Å². The molecule has 1 aliphatic rings. The molecule has 1 fully saturated rings. The zero-order chi connectivity index (χ0) is 19.0. The molecule has 27 heavy (non-hydrogen) atoms. The van der Waals surface area contributed by atoms with Crippen molar-refractivity contribution in [3.8, 4) is 0 Å². The van der Waals surface area contributed by atoms with E-state index in [0.29, 0.717) is 12.5 Å². The number of nitrogens with zero attached hydrogens (tertiary/aromatic N) is 5. The van der Waals surface area contributed by atoms with E-state index in [9.17, 15) is 4.79 Å². The number of hydrogen-bond acceptors (Lipinski definition) is 5. The maximum absolute atomic E-state index is 12.1. The van der Waals surface area contributed by atoms with Gasteiger partial charge in [0.15, 0.2) is 5.58 Å². The zero-order valence-electron chi connectivity index (χ0n) is 16.3. The van der Waals surface area contributed by atoms with Gasteiger partial charge < -0.3 is 4.52 Å². The highest BCUT2D eigenvalue weighted by atomic mass is 16.5. The Hall–Kier alpha value is -2.41.